The molecular formula is C17H13N5O. The highest BCUT2D eigenvalue weighted by molar-refractivity contribution is 6.10. The summed E-state index contributed by atoms with van der Waals surface area (Å²) in [4.78, 5) is 11.9. The summed E-state index contributed by atoms with van der Waals surface area (Å²) in [6, 6.07) is 19.6. The number of carbonyl (C=O) groups is 1. The van der Waals surface area contributed by atoms with E-state index in [4.69, 9.17) is 10.5 Å². The highest BCUT2D eigenvalue weighted by atomic mass is 16.1. The number of rotatable bonds is 5. The Labute approximate surface area is 133 Å². The van der Waals surface area contributed by atoms with Crippen LogP contribution in [0.15, 0.2) is 59.7 Å². The molecule has 6 heteroatoms. The second kappa shape index (κ2) is 7.96. The SMILES string of the molecule is N#CC(C#N)=NNc1ccc(NC(=O)Cc2ccccc2)cc1. The first-order valence-electron chi connectivity index (χ1n) is 6.79. The topological polar surface area (TPSA) is 101 Å². The molecule has 6 nitrogen and oxygen atoms in total. The molecule has 23 heavy (non-hydrogen) atoms. The fourth-order valence-corrected chi connectivity index (χ4v) is 1.81. The van der Waals surface area contributed by atoms with Crippen LogP contribution in [0.5, 0.6) is 0 Å². The third-order valence-corrected chi connectivity index (χ3v) is 2.88. The van der Waals surface area contributed by atoms with E-state index < -0.39 is 0 Å². The van der Waals surface area contributed by atoms with Crippen molar-refractivity contribution in [2.24, 2.45) is 5.10 Å². The van der Waals surface area contributed by atoms with Gasteiger partial charge in [-0.2, -0.15) is 15.6 Å². The van der Waals surface area contributed by atoms with Gasteiger partial charge in [-0.25, -0.2) is 0 Å². The minimum Gasteiger partial charge on any atom is -0.326 e. The van der Waals surface area contributed by atoms with Crippen molar-refractivity contribution in [3.05, 3.63) is 60.2 Å². The van der Waals surface area contributed by atoms with Gasteiger partial charge < -0.3 is 5.32 Å². The van der Waals surface area contributed by atoms with Gasteiger partial charge in [0.1, 0.15) is 12.1 Å². The standard InChI is InChI=1S/C17H13N5O/c18-11-16(12-19)22-21-15-8-6-14(7-9-15)20-17(23)10-13-4-2-1-3-5-13/h1-9,21H,10H2,(H,20,23). The first-order valence-corrected chi connectivity index (χ1v) is 6.79. The van der Waals surface area contributed by atoms with Crippen LogP contribution in [0.25, 0.3) is 0 Å². The lowest BCUT2D eigenvalue weighted by Crippen LogP contribution is -2.14. The van der Waals surface area contributed by atoms with Crippen LogP contribution in [0.1, 0.15) is 5.56 Å². The predicted octanol–water partition coefficient (Wildman–Crippen LogP) is 2.68. The largest absolute Gasteiger partial charge is 0.326 e. The van der Waals surface area contributed by atoms with Gasteiger partial charge in [0.15, 0.2) is 0 Å². The zero-order valence-electron chi connectivity index (χ0n) is 12.2. The third kappa shape index (κ3) is 5.00. The number of nitrogens with zero attached hydrogens (tertiary/aromatic N) is 3. The van der Waals surface area contributed by atoms with Crippen molar-refractivity contribution >= 4 is 23.0 Å². The number of nitriles is 2. The van der Waals surface area contributed by atoms with Crippen LogP contribution in [0.4, 0.5) is 11.4 Å². The van der Waals surface area contributed by atoms with Crippen LogP contribution in [0.2, 0.25) is 0 Å². The molecule has 2 N–H and O–H groups in total. The molecule has 0 fully saturated rings. The molecule has 0 radical (unpaired) electrons. The Morgan fingerprint density at radius 3 is 2.17 bits per heavy atom. The summed E-state index contributed by atoms with van der Waals surface area (Å²) in [5.41, 5.74) is 4.54. The molecule has 0 saturated carbocycles. The summed E-state index contributed by atoms with van der Waals surface area (Å²) in [7, 11) is 0. The Morgan fingerprint density at radius 2 is 1.57 bits per heavy atom. The zero-order chi connectivity index (χ0) is 16.5. The molecule has 0 unspecified atom stereocenters. The number of hydrogen-bond donors (Lipinski definition) is 2. The number of benzene rings is 2. The van der Waals surface area contributed by atoms with E-state index in [0.717, 1.165) is 5.56 Å². The van der Waals surface area contributed by atoms with Crippen LogP contribution >= 0.6 is 0 Å². The summed E-state index contributed by atoms with van der Waals surface area (Å²) < 4.78 is 0. The Balaban J connectivity index is 1.93. The lowest BCUT2D eigenvalue weighted by molar-refractivity contribution is -0.115. The molecule has 0 aliphatic carbocycles. The maximum absolute atomic E-state index is 11.9. The smallest absolute Gasteiger partial charge is 0.237 e. The second-order valence-corrected chi connectivity index (χ2v) is 4.58. The molecule has 0 heterocycles. The molecule has 2 aromatic carbocycles. The van der Waals surface area contributed by atoms with Crippen molar-refractivity contribution in [1.29, 1.82) is 10.5 Å². The number of hydrogen-bond acceptors (Lipinski definition) is 5. The van der Waals surface area contributed by atoms with Gasteiger partial charge in [-0.15, -0.1) is 0 Å². The van der Waals surface area contributed by atoms with E-state index in [1.54, 1.807) is 36.4 Å². The van der Waals surface area contributed by atoms with Crippen molar-refractivity contribution < 1.29 is 4.79 Å². The molecule has 0 atom stereocenters. The van der Waals surface area contributed by atoms with Gasteiger partial charge in [0.2, 0.25) is 11.6 Å². The van der Waals surface area contributed by atoms with E-state index >= 15 is 0 Å². The lowest BCUT2D eigenvalue weighted by atomic mass is 10.1. The molecule has 2 rings (SSSR count). The van der Waals surface area contributed by atoms with E-state index in [9.17, 15) is 4.79 Å². The van der Waals surface area contributed by atoms with Crippen LogP contribution in [-0.2, 0) is 11.2 Å². The van der Waals surface area contributed by atoms with Gasteiger partial charge in [-0.1, -0.05) is 30.3 Å². The molecule has 0 aliphatic heterocycles. The summed E-state index contributed by atoms with van der Waals surface area (Å²) in [6.45, 7) is 0. The number of hydrazone groups is 1. The van der Waals surface area contributed by atoms with E-state index in [-0.39, 0.29) is 11.6 Å². The van der Waals surface area contributed by atoms with Gasteiger partial charge >= 0.3 is 0 Å². The van der Waals surface area contributed by atoms with Gasteiger partial charge in [0, 0.05) is 5.69 Å². The fourth-order valence-electron chi connectivity index (χ4n) is 1.81. The van der Waals surface area contributed by atoms with E-state index in [1.807, 2.05) is 30.3 Å². The number of amides is 1. The van der Waals surface area contributed by atoms with Gasteiger partial charge in [-0.3, -0.25) is 10.2 Å². The van der Waals surface area contributed by atoms with E-state index in [1.165, 1.54) is 0 Å². The Morgan fingerprint density at radius 1 is 0.957 bits per heavy atom. The molecule has 112 valence electrons. The van der Waals surface area contributed by atoms with Crippen molar-refractivity contribution in [3.8, 4) is 12.1 Å². The molecular weight excluding hydrogens is 290 g/mol. The monoisotopic (exact) mass is 303 g/mol. The maximum atomic E-state index is 11.9. The molecule has 2 aromatic rings. The van der Waals surface area contributed by atoms with E-state index in [2.05, 4.69) is 15.8 Å². The predicted molar refractivity (Wildman–Crippen MR) is 87.5 cm³/mol. The van der Waals surface area contributed by atoms with E-state index in [0.29, 0.717) is 17.8 Å². The summed E-state index contributed by atoms with van der Waals surface area (Å²) in [6.07, 6.45) is 0.304. The number of nitrogens with one attached hydrogen (secondary N) is 2. The van der Waals surface area contributed by atoms with Crippen molar-refractivity contribution in [2.75, 3.05) is 10.7 Å². The molecule has 1 amide bonds. The molecule has 0 bridgehead atoms. The highest BCUT2D eigenvalue weighted by Gasteiger charge is 2.03. The van der Waals surface area contributed by atoms with Crippen LogP contribution in [-0.4, -0.2) is 11.6 Å². The number of anilines is 2. The first kappa shape index (κ1) is 15.7. The maximum Gasteiger partial charge on any atom is 0.237 e. The highest BCUT2D eigenvalue weighted by Crippen LogP contribution is 2.14. The minimum atomic E-state index is -0.259. The average molecular weight is 303 g/mol. The number of carbonyl (C=O) groups excluding carboxylic acids is 1. The van der Waals surface area contributed by atoms with Crippen molar-refractivity contribution in [3.63, 3.8) is 0 Å². The van der Waals surface area contributed by atoms with Gasteiger partial charge in [0.25, 0.3) is 0 Å². The third-order valence-electron chi connectivity index (χ3n) is 2.88. The lowest BCUT2D eigenvalue weighted by Gasteiger charge is -2.06. The molecule has 0 aromatic heterocycles. The second-order valence-electron chi connectivity index (χ2n) is 4.58. The zero-order valence-corrected chi connectivity index (χ0v) is 12.2. The van der Waals surface area contributed by atoms with Crippen molar-refractivity contribution in [1.82, 2.24) is 0 Å². The van der Waals surface area contributed by atoms with Crippen LogP contribution in [0, 0.1) is 22.7 Å². The quantitative estimate of drug-likeness (QED) is 0.655. The Bertz CT molecular complexity index is 766. The van der Waals surface area contributed by atoms with Crippen LogP contribution < -0.4 is 10.7 Å². The molecule has 0 spiro atoms. The van der Waals surface area contributed by atoms with Gasteiger partial charge in [-0.05, 0) is 29.8 Å². The van der Waals surface area contributed by atoms with Gasteiger partial charge in [0.05, 0.1) is 12.1 Å². The fraction of sp³-hybridized carbons (Fsp3) is 0.0588. The minimum absolute atomic E-state index is 0.105. The Kier molecular flexibility index (Phi) is 5.45. The molecule has 0 aliphatic rings. The first-order chi connectivity index (χ1) is 11.2. The summed E-state index contributed by atoms with van der Waals surface area (Å²) in [5.74, 6) is -0.105. The Hall–Kier alpha value is -3.64. The summed E-state index contributed by atoms with van der Waals surface area (Å²) >= 11 is 0. The average Bonchev–Trinajstić information content (AvgIpc) is 2.58. The van der Waals surface area contributed by atoms with Crippen LogP contribution in [0.3, 0.4) is 0 Å². The molecule has 0 saturated heterocycles. The normalized spacial score (nSPS) is 9.13. The van der Waals surface area contributed by atoms with Crippen molar-refractivity contribution in [2.45, 2.75) is 6.42 Å². The summed E-state index contributed by atoms with van der Waals surface area (Å²) in [5, 5.41) is 23.6.